The van der Waals surface area contributed by atoms with E-state index in [0.29, 0.717) is 0 Å². The Kier molecular flexibility index (Phi) is 16.2. The summed E-state index contributed by atoms with van der Waals surface area (Å²) in [6.45, 7) is 4.71. The number of rotatable bonds is 9. The van der Waals surface area contributed by atoms with E-state index >= 15 is 0 Å². The Balaban J connectivity index is 0.000000106. The van der Waals surface area contributed by atoms with Gasteiger partial charge < -0.3 is 27.4 Å². The number of nitrogens with zero attached hydrogens (tertiary/aromatic N) is 6. The van der Waals surface area contributed by atoms with E-state index < -0.39 is 0 Å². The molecule has 119 heavy (non-hydrogen) atoms. The first-order valence-corrected chi connectivity index (χ1v) is 41.1. The van der Waals surface area contributed by atoms with Gasteiger partial charge in [-0.2, -0.15) is 0 Å². The van der Waals surface area contributed by atoms with Crippen molar-refractivity contribution in [2.75, 3.05) is 0 Å². The zero-order chi connectivity index (χ0) is 78.8. The van der Waals surface area contributed by atoms with Crippen LogP contribution in [0.3, 0.4) is 0 Å². The Morgan fingerprint density at radius 2 is 0.471 bits per heavy atom. The molecule has 0 spiro atoms. The van der Waals surface area contributed by atoms with Gasteiger partial charge >= 0.3 is 0 Å². The van der Waals surface area contributed by atoms with Crippen molar-refractivity contribution in [2.45, 2.75) is 19.3 Å². The third-order valence-electron chi connectivity index (χ3n) is 25.0. The summed E-state index contributed by atoms with van der Waals surface area (Å²) < 4.78 is 14.1. The maximum absolute atomic E-state index is 2.45. The van der Waals surface area contributed by atoms with E-state index in [1.54, 1.807) is 0 Å². The lowest BCUT2D eigenvalue weighted by atomic mass is 9.82. The minimum Gasteiger partial charge on any atom is -0.317 e. The van der Waals surface area contributed by atoms with Crippen LogP contribution in [0.2, 0.25) is 0 Å². The lowest BCUT2D eigenvalue weighted by molar-refractivity contribution is 0.660. The molecule has 6 heteroatoms. The summed E-state index contributed by atoms with van der Waals surface area (Å²) in [4.78, 5) is 0. The molecule has 0 amide bonds. The van der Waals surface area contributed by atoms with Crippen LogP contribution in [0.25, 0.3) is 198 Å². The smallest absolute Gasteiger partial charge is 0.0541 e. The number of hydrogen-bond donors (Lipinski definition) is 0. The summed E-state index contributed by atoms with van der Waals surface area (Å²) >= 11 is 0. The van der Waals surface area contributed by atoms with Crippen LogP contribution < -0.4 is 0 Å². The zero-order valence-electron chi connectivity index (χ0n) is 65.8. The maximum atomic E-state index is 2.45. The monoisotopic (exact) mass is 1520 g/mol. The van der Waals surface area contributed by atoms with Gasteiger partial charge in [0.15, 0.2) is 0 Å². The van der Waals surface area contributed by atoms with Crippen molar-refractivity contribution >= 4 is 120 Å². The molecule has 0 atom stereocenters. The van der Waals surface area contributed by atoms with Crippen LogP contribution >= 0.6 is 0 Å². The van der Waals surface area contributed by atoms with Gasteiger partial charge in [-0.25, -0.2) is 0 Å². The molecule has 1 aliphatic rings. The van der Waals surface area contributed by atoms with Crippen molar-refractivity contribution in [3.8, 4) is 78.6 Å². The first-order valence-electron chi connectivity index (χ1n) is 41.1. The van der Waals surface area contributed by atoms with Gasteiger partial charge in [-0.1, -0.05) is 257 Å². The SMILES string of the molecule is CC1(C)c2ccccc2-c2ccc(-n3c4ccccc4c4cc(-c5ccc6c(c5)c5ccccc5n6-c5ccccc5)ccc43)cc21.c1ccc(-n2ccc3cc(-c4ccc5c(c4)c4ccccc4n5-c4ccc5ccccc5c4)ccc32)cc1.c1ccc(-n2ccc3cc(-c4ccc5c(c4)c4ccccc4n5-c4ccccc4)ccc32)cc1. The molecular weight excluding hydrogens is 1440 g/mol. The van der Waals surface area contributed by atoms with Gasteiger partial charge in [-0.3, -0.25) is 0 Å². The Morgan fingerprint density at radius 3 is 0.891 bits per heavy atom. The van der Waals surface area contributed by atoms with Crippen molar-refractivity contribution in [3.05, 3.63) is 448 Å². The van der Waals surface area contributed by atoms with Crippen molar-refractivity contribution in [3.63, 3.8) is 0 Å². The highest BCUT2D eigenvalue weighted by molar-refractivity contribution is 6.15. The predicted molar refractivity (Wildman–Crippen MR) is 502 cm³/mol. The molecule has 6 aromatic heterocycles. The number of benzene rings is 18. The summed E-state index contributed by atoms with van der Waals surface area (Å²) in [6.07, 6.45) is 4.31. The summed E-state index contributed by atoms with van der Waals surface area (Å²) in [6, 6.07) is 154. The van der Waals surface area contributed by atoms with E-state index in [2.05, 4.69) is 478 Å². The molecule has 0 aliphatic heterocycles. The molecule has 0 saturated heterocycles. The first kappa shape index (κ1) is 69.0. The summed E-state index contributed by atoms with van der Waals surface area (Å²) in [5.74, 6) is 0. The van der Waals surface area contributed by atoms with Gasteiger partial charge in [0.05, 0.1) is 55.2 Å². The number of hydrogen-bond acceptors (Lipinski definition) is 0. The summed E-state index contributed by atoms with van der Waals surface area (Å²) in [5.41, 5.74) is 32.2. The van der Waals surface area contributed by atoms with E-state index in [1.807, 2.05) is 0 Å². The van der Waals surface area contributed by atoms with Crippen molar-refractivity contribution in [1.29, 1.82) is 0 Å². The van der Waals surface area contributed by atoms with Crippen LogP contribution in [-0.4, -0.2) is 27.4 Å². The van der Waals surface area contributed by atoms with Crippen LogP contribution in [-0.2, 0) is 5.41 Å². The summed E-state index contributed by atoms with van der Waals surface area (Å²) in [5, 5.41) is 15.2. The number of fused-ring (bicyclic) bond motifs is 18. The van der Waals surface area contributed by atoms with Gasteiger partial charge in [0.25, 0.3) is 0 Å². The normalized spacial score (nSPS) is 12.4. The van der Waals surface area contributed by atoms with Gasteiger partial charge in [0.2, 0.25) is 0 Å². The Bertz CT molecular complexity index is 8120. The van der Waals surface area contributed by atoms with Crippen LogP contribution in [0.15, 0.2) is 437 Å². The second-order valence-electron chi connectivity index (χ2n) is 32.0. The molecule has 0 bridgehead atoms. The number of para-hydroxylation sites is 8. The predicted octanol–water partition coefficient (Wildman–Crippen LogP) is 29.8. The molecule has 0 fully saturated rings. The lowest BCUT2D eigenvalue weighted by Gasteiger charge is -2.22. The maximum Gasteiger partial charge on any atom is 0.0541 e. The fraction of sp³-hybridized carbons (Fsp3) is 0.0265. The van der Waals surface area contributed by atoms with E-state index in [0.717, 1.165) is 0 Å². The molecule has 0 radical (unpaired) electrons. The fourth-order valence-corrected chi connectivity index (χ4v) is 19.3. The van der Waals surface area contributed by atoms with Gasteiger partial charge in [0.1, 0.15) is 0 Å². The first-order chi connectivity index (χ1) is 58.8. The second kappa shape index (κ2) is 27.9. The van der Waals surface area contributed by atoms with E-state index in [-0.39, 0.29) is 5.41 Å². The topological polar surface area (TPSA) is 29.6 Å². The van der Waals surface area contributed by atoms with Gasteiger partial charge in [-0.15, -0.1) is 0 Å². The molecule has 24 aromatic rings. The van der Waals surface area contributed by atoms with Crippen molar-refractivity contribution in [1.82, 2.24) is 27.4 Å². The van der Waals surface area contributed by atoms with Gasteiger partial charge in [0, 0.05) is 106 Å². The van der Waals surface area contributed by atoms with Crippen LogP contribution in [0.4, 0.5) is 0 Å². The molecule has 18 aromatic carbocycles. The van der Waals surface area contributed by atoms with Crippen molar-refractivity contribution in [2.24, 2.45) is 0 Å². The Hall–Kier alpha value is -15.5. The van der Waals surface area contributed by atoms with Crippen molar-refractivity contribution < 1.29 is 0 Å². The highest BCUT2D eigenvalue weighted by Crippen LogP contribution is 2.50. The third kappa shape index (κ3) is 11.5. The van der Waals surface area contributed by atoms with E-state index in [1.165, 1.54) is 210 Å². The molecule has 0 N–H and O–H groups in total. The Labute approximate surface area is 688 Å². The van der Waals surface area contributed by atoms with E-state index in [9.17, 15) is 0 Å². The van der Waals surface area contributed by atoms with Crippen LogP contribution in [0.5, 0.6) is 0 Å². The molecule has 25 rings (SSSR count). The second-order valence-corrected chi connectivity index (χ2v) is 32.0. The van der Waals surface area contributed by atoms with Crippen LogP contribution in [0, 0.1) is 0 Å². The highest BCUT2D eigenvalue weighted by Gasteiger charge is 2.36. The quantitative estimate of drug-likeness (QED) is 0.138. The summed E-state index contributed by atoms with van der Waals surface area (Å²) in [7, 11) is 0. The van der Waals surface area contributed by atoms with Gasteiger partial charge in [-0.05, 0) is 248 Å². The largest absolute Gasteiger partial charge is 0.317 e. The third-order valence-corrected chi connectivity index (χ3v) is 25.0. The Morgan fingerprint density at radius 1 is 0.168 bits per heavy atom. The molecule has 6 heterocycles. The zero-order valence-corrected chi connectivity index (χ0v) is 65.8. The minimum atomic E-state index is -0.0455. The molecule has 6 nitrogen and oxygen atoms in total. The minimum absolute atomic E-state index is 0.0455. The average molecular weight is 1520 g/mol. The molecule has 0 saturated carbocycles. The highest BCUT2D eigenvalue weighted by atomic mass is 15.0. The standard InChI is InChI=1S/C45H32N2.C36H24N2.C32H22N2/c1-45(2)39-17-9-6-14-33(39)34-23-22-32(28-40(34)45)47-42-19-11-8-16-36(42)38-27-30(21-25-44(38)47)29-20-24-43-37(26-29)35-15-7-10-18-41(35)46(43)31-12-4-3-5-13-31;1-2-10-30(11-3-1)37-21-20-29-22-27(15-18-34(29)37)28-16-19-36-33(24-28)32-12-6-7-13-35(32)38(36)31-17-14-25-8-4-5-9-26(25)23-31;1-3-9-26(10-4-1)33-20-19-25-21-23(15-17-30(25)33)24-16-18-32-29(22-24)28-13-7-8-14-31(28)34(32)27-11-5-2-6-12-27/h3-28H,1-2H3;1-24H;1-22H. The van der Waals surface area contributed by atoms with Crippen LogP contribution in [0.1, 0.15) is 25.0 Å². The average Bonchev–Trinajstić information content (AvgIpc) is 1.55. The molecule has 1 aliphatic carbocycles. The molecular formula is C113H78N6. The lowest BCUT2D eigenvalue weighted by Crippen LogP contribution is -2.15. The fourth-order valence-electron chi connectivity index (χ4n) is 19.3. The number of aromatic nitrogens is 6. The molecule has 0 unspecified atom stereocenters. The van der Waals surface area contributed by atoms with E-state index in [4.69, 9.17) is 0 Å². The molecule has 560 valence electrons.